The van der Waals surface area contributed by atoms with Gasteiger partial charge in [-0.1, -0.05) is 55.8 Å². The number of rotatable bonds is 7. The zero-order valence-electron chi connectivity index (χ0n) is 10.9. The van der Waals surface area contributed by atoms with E-state index in [4.69, 9.17) is 4.74 Å². The predicted octanol–water partition coefficient (Wildman–Crippen LogP) is 4.94. The molecule has 0 amide bonds. The number of benzene rings is 1. The Kier molecular flexibility index (Phi) is 6.16. The molecule has 0 saturated heterocycles. The minimum absolute atomic E-state index is 0.159. The van der Waals surface area contributed by atoms with Crippen LogP contribution in [-0.2, 0) is 4.74 Å². The highest BCUT2D eigenvalue weighted by atomic mass is 16.5. The Morgan fingerprint density at radius 2 is 2.00 bits per heavy atom. The topological polar surface area (TPSA) is 9.23 Å². The quantitative estimate of drug-likeness (QED) is 0.476. The second-order valence-corrected chi connectivity index (χ2v) is 4.24. The average molecular weight is 230 g/mol. The van der Waals surface area contributed by atoms with E-state index < -0.39 is 0 Å². The fourth-order valence-electron chi connectivity index (χ4n) is 1.68. The summed E-state index contributed by atoms with van der Waals surface area (Å²) in [5, 5.41) is 0. The lowest BCUT2D eigenvalue weighted by Gasteiger charge is -2.17. The van der Waals surface area contributed by atoms with Crippen molar-refractivity contribution < 1.29 is 4.74 Å². The van der Waals surface area contributed by atoms with E-state index in [1.54, 1.807) is 12.3 Å². The number of hydrogen-bond donors (Lipinski definition) is 0. The van der Waals surface area contributed by atoms with Crippen LogP contribution >= 0.6 is 0 Å². The molecule has 1 aromatic carbocycles. The minimum Gasteiger partial charge on any atom is -0.493 e. The third kappa shape index (κ3) is 4.90. The van der Waals surface area contributed by atoms with Gasteiger partial charge in [0.15, 0.2) is 0 Å². The van der Waals surface area contributed by atoms with Crippen LogP contribution < -0.4 is 0 Å². The van der Waals surface area contributed by atoms with Crippen LogP contribution in [0.4, 0.5) is 0 Å². The molecule has 0 fully saturated rings. The highest BCUT2D eigenvalue weighted by molar-refractivity contribution is 5.23. The lowest BCUT2D eigenvalue weighted by Crippen LogP contribution is -2.00. The van der Waals surface area contributed by atoms with Crippen LogP contribution in [0.15, 0.2) is 49.3 Å². The van der Waals surface area contributed by atoms with Gasteiger partial charge in [-0.3, -0.25) is 0 Å². The van der Waals surface area contributed by atoms with Gasteiger partial charge in [0.2, 0.25) is 0 Å². The fourth-order valence-corrected chi connectivity index (χ4v) is 1.68. The maximum absolute atomic E-state index is 5.76. The summed E-state index contributed by atoms with van der Waals surface area (Å²) in [5.41, 5.74) is 2.53. The van der Waals surface area contributed by atoms with Crippen molar-refractivity contribution in [3.8, 4) is 0 Å². The molecular formula is C16H22O. The highest BCUT2D eigenvalue weighted by Crippen LogP contribution is 2.24. The van der Waals surface area contributed by atoms with Crippen molar-refractivity contribution in [3.05, 3.63) is 60.4 Å². The van der Waals surface area contributed by atoms with Crippen molar-refractivity contribution in [2.75, 3.05) is 0 Å². The van der Waals surface area contributed by atoms with Gasteiger partial charge in [0.1, 0.15) is 6.10 Å². The normalized spacial score (nSPS) is 12.6. The number of unbranched alkanes of at least 4 members (excludes halogenated alkanes) is 1. The second kappa shape index (κ2) is 7.72. The predicted molar refractivity (Wildman–Crippen MR) is 73.9 cm³/mol. The summed E-state index contributed by atoms with van der Waals surface area (Å²) >= 11 is 0. The molecular weight excluding hydrogens is 208 g/mol. The third-order valence-corrected chi connectivity index (χ3v) is 2.73. The molecule has 1 unspecified atom stereocenters. The molecule has 0 bridgehead atoms. The summed E-state index contributed by atoms with van der Waals surface area (Å²) in [5.74, 6) is 0. The van der Waals surface area contributed by atoms with E-state index in [2.05, 4.69) is 44.7 Å². The van der Waals surface area contributed by atoms with Gasteiger partial charge in [-0.15, -0.1) is 0 Å². The van der Waals surface area contributed by atoms with E-state index in [0.717, 1.165) is 6.42 Å². The maximum atomic E-state index is 5.76. The third-order valence-electron chi connectivity index (χ3n) is 2.73. The summed E-state index contributed by atoms with van der Waals surface area (Å²) in [6.45, 7) is 7.94. The van der Waals surface area contributed by atoms with E-state index in [0.29, 0.717) is 0 Å². The molecule has 0 aliphatic rings. The standard InChI is InChI=1S/C16H22O/c1-4-6-8-16(17-13-7-5-2)15-11-9-14(3)10-12-15/h5,7,9-13,16H,2,4,6,8H2,1,3H3. The zero-order valence-corrected chi connectivity index (χ0v) is 10.9. The highest BCUT2D eigenvalue weighted by Gasteiger charge is 2.10. The molecule has 0 aromatic heterocycles. The largest absolute Gasteiger partial charge is 0.493 e. The number of aryl methyl sites for hydroxylation is 1. The van der Waals surface area contributed by atoms with Gasteiger partial charge in [0.05, 0.1) is 6.26 Å². The molecule has 1 heteroatoms. The van der Waals surface area contributed by atoms with Gasteiger partial charge in [0, 0.05) is 0 Å². The average Bonchev–Trinajstić information content (AvgIpc) is 2.35. The molecule has 1 rings (SSSR count). The van der Waals surface area contributed by atoms with E-state index in [1.165, 1.54) is 24.0 Å². The van der Waals surface area contributed by atoms with Crippen molar-refractivity contribution in [1.82, 2.24) is 0 Å². The van der Waals surface area contributed by atoms with Gasteiger partial charge in [-0.2, -0.15) is 0 Å². The van der Waals surface area contributed by atoms with E-state index in [1.807, 2.05) is 6.08 Å². The van der Waals surface area contributed by atoms with Crippen LogP contribution in [0.5, 0.6) is 0 Å². The molecule has 0 aliphatic heterocycles. The van der Waals surface area contributed by atoms with Crippen LogP contribution in [0, 0.1) is 6.92 Å². The van der Waals surface area contributed by atoms with Gasteiger partial charge in [-0.25, -0.2) is 0 Å². The minimum atomic E-state index is 0.159. The Bertz CT molecular complexity index is 348. The molecule has 0 saturated carbocycles. The van der Waals surface area contributed by atoms with Gasteiger partial charge >= 0.3 is 0 Å². The Morgan fingerprint density at radius 1 is 1.29 bits per heavy atom. The SMILES string of the molecule is C=CC=COC(CCCC)c1ccc(C)cc1. The summed E-state index contributed by atoms with van der Waals surface area (Å²) in [4.78, 5) is 0. The Labute approximate surface area is 105 Å². The van der Waals surface area contributed by atoms with Crippen LogP contribution in [0.2, 0.25) is 0 Å². The summed E-state index contributed by atoms with van der Waals surface area (Å²) < 4.78 is 5.76. The van der Waals surface area contributed by atoms with Crippen LogP contribution in [0.1, 0.15) is 43.4 Å². The van der Waals surface area contributed by atoms with Crippen molar-refractivity contribution >= 4 is 0 Å². The summed E-state index contributed by atoms with van der Waals surface area (Å²) in [7, 11) is 0. The van der Waals surface area contributed by atoms with Gasteiger partial charge < -0.3 is 4.74 Å². The van der Waals surface area contributed by atoms with Crippen molar-refractivity contribution in [1.29, 1.82) is 0 Å². The van der Waals surface area contributed by atoms with Crippen molar-refractivity contribution in [3.63, 3.8) is 0 Å². The summed E-state index contributed by atoms with van der Waals surface area (Å²) in [6, 6.07) is 8.57. The Balaban J connectivity index is 2.70. The smallest absolute Gasteiger partial charge is 0.123 e. The zero-order chi connectivity index (χ0) is 12.5. The van der Waals surface area contributed by atoms with Crippen molar-refractivity contribution in [2.24, 2.45) is 0 Å². The first-order valence-electron chi connectivity index (χ1n) is 6.27. The van der Waals surface area contributed by atoms with Crippen LogP contribution in [0.3, 0.4) is 0 Å². The first kappa shape index (κ1) is 13.6. The maximum Gasteiger partial charge on any atom is 0.123 e. The first-order valence-corrected chi connectivity index (χ1v) is 6.27. The number of ether oxygens (including phenoxy) is 1. The van der Waals surface area contributed by atoms with Gasteiger partial charge in [-0.05, 0) is 31.4 Å². The number of allylic oxidation sites excluding steroid dienone is 2. The molecule has 1 aromatic rings. The van der Waals surface area contributed by atoms with Crippen LogP contribution in [-0.4, -0.2) is 0 Å². The molecule has 0 aliphatic carbocycles. The van der Waals surface area contributed by atoms with E-state index in [9.17, 15) is 0 Å². The van der Waals surface area contributed by atoms with Gasteiger partial charge in [0.25, 0.3) is 0 Å². The van der Waals surface area contributed by atoms with Crippen molar-refractivity contribution in [2.45, 2.75) is 39.2 Å². The Hall–Kier alpha value is -1.50. The molecule has 1 nitrogen and oxygen atoms in total. The monoisotopic (exact) mass is 230 g/mol. The molecule has 0 N–H and O–H groups in total. The van der Waals surface area contributed by atoms with E-state index >= 15 is 0 Å². The summed E-state index contributed by atoms with van der Waals surface area (Å²) in [6.07, 6.45) is 8.87. The van der Waals surface area contributed by atoms with Crippen LogP contribution in [0.25, 0.3) is 0 Å². The second-order valence-electron chi connectivity index (χ2n) is 4.24. The molecule has 92 valence electrons. The first-order chi connectivity index (χ1) is 8.27. The number of hydrogen-bond acceptors (Lipinski definition) is 1. The molecule has 0 heterocycles. The molecule has 0 spiro atoms. The van der Waals surface area contributed by atoms with E-state index in [-0.39, 0.29) is 6.10 Å². The molecule has 1 atom stereocenters. The lowest BCUT2D eigenvalue weighted by molar-refractivity contribution is 0.134. The lowest BCUT2D eigenvalue weighted by atomic mass is 10.0. The molecule has 17 heavy (non-hydrogen) atoms. The molecule has 0 radical (unpaired) electrons. The fraction of sp³-hybridized carbons (Fsp3) is 0.375. The Morgan fingerprint density at radius 3 is 2.59 bits per heavy atom.